The number of carbonyl (C=O) groups excluding carboxylic acids is 2. The Morgan fingerprint density at radius 2 is 2.04 bits per heavy atom. The summed E-state index contributed by atoms with van der Waals surface area (Å²) in [6.07, 6.45) is 0.710. The summed E-state index contributed by atoms with van der Waals surface area (Å²) < 4.78 is 36.1. The first-order valence-electron chi connectivity index (χ1n) is 7.15. The molecular weight excluding hydrogens is 354 g/mol. The number of anilines is 1. The number of nitro groups is 1. The van der Waals surface area contributed by atoms with Gasteiger partial charge in [-0.25, -0.2) is 13.6 Å². The van der Waals surface area contributed by atoms with E-state index in [1.807, 2.05) is 0 Å². The van der Waals surface area contributed by atoms with Crippen LogP contribution in [0.3, 0.4) is 0 Å². The highest BCUT2D eigenvalue weighted by Crippen LogP contribution is 2.17. The van der Waals surface area contributed by atoms with Crippen LogP contribution in [0.2, 0.25) is 0 Å². The Balaban J connectivity index is 1.93. The summed E-state index contributed by atoms with van der Waals surface area (Å²) in [6.45, 7) is 1.23. The van der Waals surface area contributed by atoms with Crippen LogP contribution < -0.4 is 5.32 Å². The minimum Gasteiger partial charge on any atom is -0.449 e. The van der Waals surface area contributed by atoms with Gasteiger partial charge >= 0.3 is 11.9 Å². The highest BCUT2D eigenvalue weighted by Gasteiger charge is 2.18. The van der Waals surface area contributed by atoms with E-state index in [-0.39, 0.29) is 5.76 Å². The van der Waals surface area contributed by atoms with Crippen molar-refractivity contribution in [3.8, 4) is 0 Å². The van der Waals surface area contributed by atoms with Gasteiger partial charge in [0.25, 0.3) is 5.91 Å². The average molecular weight is 366 g/mol. The van der Waals surface area contributed by atoms with Gasteiger partial charge in [-0.2, -0.15) is 0 Å². The highest BCUT2D eigenvalue weighted by molar-refractivity contribution is 5.96. The minimum absolute atomic E-state index is 0.0348. The van der Waals surface area contributed by atoms with Crippen molar-refractivity contribution < 1.29 is 32.4 Å². The van der Waals surface area contributed by atoms with Crippen molar-refractivity contribution in [3.63, 3.8) is 0 Å². The van der Waals surface area contributed by atoms with Crippen LogP contribution in [0.4, 0.5) is 20.4 Å². The normalized spacial score (nSPS) is 12.0. The van der Waals surface area contributed by atoms with Crippen LogP contribution in [0, 0.1) is 21.7 Å². The summed E-state index contributed by atoms with van der Waals surface area (Å²) in [4.78, 5) is 33.2. The van der Waals surface area contributed by atoms with Crippen LogP contribution in [0.15, 0.2) is 40.8 Å². The van der Waals surface area contributed by atoms with Crippen molar-refractivity contribution in [2.75, 3.05) is 5.32 Å². The standard InChI is InChI=1S/C16H12F2N2O6/c1-9(16(22)19-13-8-10(17)2-5-12(13)18)25-15(21)7-4-11-3-6-14(26-11)20(23)24/h2-9H,1H3,(H,19,22)/b7-4+/t9-/m0/s1. The first-order valence-corrected chi connectivity index (χ1v) is 7.15. The fraction of sp³-hybridized carbons (Fsp3) is 0.125. The molecule has 0 aliphatic rings. The van der Waals surface area contributed by atoms with Crippen molar-refractivity contribution in [1.29, 1.82) is 0 Å². The molecule has 26 heavy (non-hydrogen) atoms. The first kappa shape index (κ1) is 18.8. The Bertz CT molecular complexity index is 877. The molecule has 0 aliphatic heterocycles. The molecule has 1 heterocycles. The number of ether oxygens (including phenoxy) is 1. The summed E-state index contributed by atoms with van der Waals surface area (Å²) in [6, 6.07) is 4.88. The molecule has 1 N–H and O–H groups in total. The molecule has 8 nitrogen and oxygen atoms in total. The van der Waals surface area contributed by atoms with E-state index in [9.17, 15) is 28.5 Å². The van der Waals surface area contributed by atoms with Gasteiger partial charge in [0.2, 0.25) is 0 Å². The van der Waals surface area contributed by atoms with Crippen LogP contribution in [-0.4, -0.2) is 22.9 Å². The van der Waals surface area contributed by atoms with Crippen LogP contribution >= 0.6 is 0 Å². The number of carbonyl (C=O) groups is 2. The second kappa shape index (κ2) is 8.01. The summed E-state index contributed by atoms with van der Waals surface area (Å²) in [7, 11) is 0. The number of nitrogens with zero attached hydrogens (tertiary/aromatic N) is 1. The van der Waals surface area contributed by atoms with E-state index in [2.05, 4.69) is 5.32 Å². The van der Waals surface area contributed by atoms with Crippen molar-refractivity contribution >= 4 is 29.5 Å². The van der Waals surface area contributed by atoms with E-state index in [1.165, 1.54) is 13.0 Å². The summed E-state index contributed by atoms with van der Waals surface area (Å²) >= 11 is 0. The number of furan rings is 1. The highest BCUT2D eigenvalue weighted by atomic mass is 19.1. The van der Waals surface area contributed by atoms with Crippen molar-refractivity contribution in [2.24, 2.45) is 0 Å². The van der Waals surface area contributed by atoms with E-state index in [4.69, 9.17) is 9.15 Å². The zero-order chi connectivity index (χ0) is 19.3. The van der Waals surface area contributed by atoms with Crippen molar-refractivity contribution in [3.05, 3.63) is 63.9 Å². The van der Waals surface area contributed by atoms with Gasteiger partial charge in [0, 0.05) is 12.1 Å². The Morgan fingerprint density at radius 1 is 1.31 bits per heavy atom. The molecule has 2 aromatic rings. The zero-order valence-electron chi connectivity index (χ0n) is 13.3. The molecular formula is C16H12F2N2O6. The van der Waals surface area contributed by atoms with Gasteiger partial charge in [-0.05, 0) is 31.2 Å². The molecule has 0 spiro atoms. The maximum absolute atomic E-state index is 13.5. The molecule has 1 aromatic heterocycles. The van der Waals surface area contributed by atoms with Crippen LogP contribution in [0.1, 0.15) is 12.7 Å². The molecule has 1 amide bonds. The molecule has 0 radical (unpaired) electrons. The second-order valence-electron chi connectivity index (χ2n) is 4.96. The topological polar surface area (TPSA) is 112 Å². The molecule has 0 aliphatic carbocycles. The van der Waals surface area contributed by atoms with Gasteiger partial charge in [0.15, 0.2) is 6.10 Å². The van der Waals surface area contributed by atoms with Crippen molar-refractivity contribution in [2.45, 2.75) is 13.0 Å². The summed E-state index contributed by atoms with van der Waals surface area (Å²) in [5, 5.41) is 12.6. The van der Waals surface area contributed by atoms with Crippen molar-refractivity contribution in [1.82, 2.24) is 0 Å². The van der Waals surface area contributed by atoms with E-state index in [0.717, 1.165) is 36.4 Å². The lowest BCUT2D eigenvalue weighted by Gasteiger charge is -2.12. The molecule has 136 valence electrons. The molecule has 0 fully saturated rings. The van der Waals surface area contributed by atoms with E-state index >= 15 is 0 Å². The van der Waals surface area contributed by atoms with Gasteiger partial charge in [-0.1, -0.05) is 0 Å². The molecule has 0 bridgehead atoms. The van der Waals surface area contributed by atoms with Crippen LogP contribution in [0.5, 0.6) is 0 Å². The number of benzene rings is 1. The minimum atomic E-state index is -1.30. The third-order valence-corrected chi connectivity index (χ3v) is 3.02. The summed E-state index contributed by atoms with van der Waals surface area (Å²) in [5.41, 5.74) is -0.392. The number of esters is 1. The monoisotopic (exact) mass is 366 g/mol. The molecule has 1 aromatic carbocycles. The van der Waals surface area contributed by atoms with Crippen LogP contribution in [-0.2, 0) is 14.3 Å². The predicted molar refractivity (Wildman–Crippen MR) is 84.9 cm³/mol. The van der Waals surface area contributed by atoms with E-state index < -0.39 is 46.1 Å². The number of nitrogens with one attached hydrogen (secondary N) is 1. The fourth-order valence-electron chi connectivity index (χ4n) is 1.77. The fourth-order valence-corrected chi connectivity index (χ4v) is 1.77. The Morgan fingerprint density at radius 3 is 2.69 bits per heavy atom. The lowest BCUT2D eigenvalue weighted by Crippen LogP contribution is -2.29. The Labute approximate surface area is 145 Å². The number of rotatable bonds is 6. The van der Waals surface area contributed by atoms with Gasteiger partial charge in [-0.15, -0.1) is 0 Å². The first-order chi connectivity index (χ1) is 12.3. The Kier molecular flexibility index (Phi) is 5.78. The third-order valence-electron chi connectivity index (χ3n) is 3.02. The number of halogens is 2. The lowest BCUT2D eigenvalue weighted by atomic mass is 10.2. The van der Waals surface area contributed by atoms with Gasteiger partial charge in [0.05, 0.1) is 11.8 Å². The summed E-state index contributed by atoms with van der Waals surface area (Å²) in [5.74, 6) is -3.87. The van der Waals surface area contributed by atoms with Gasteiger partial charge < -0.3 is 14.5 Å². The van der Waals surface area contributed by atoms with Gasteiger partial charge in [-0.3, -0.25) is 14.9 Å². The molecule has 2 rings (SSSR count). The molecule has 1 atom stereocenters. The zero-order valence-corrected chi connectivity index (χ0v) is 13.3. The Hall–Kier alpha value is -3.56. The number of hydrogen-bond acceptors (Lipinski definition) is 6. The van der Waals surface area contributed by atoms with E-state index in [0.29, 0.717) is 0 Å². The lowest BCUT2D eigenvalue weighted by molar-refractivity contribution is -0.402. The third kappa shape index (κ3) is 4.97. The quantitative estimate of drug-likeness (QED) is 0.364. The maximum atomic E-state index is 13.5. The smallest absolute Gasteiger partial charge is 0.433 e. The largest absolute Gasteiger partial charge is 0.449 e. The van der Waals surface area contributed by atoms with Crippen LogP contribution in [0.25, 0.3) is 6.08 Å². The predicted octanol–water partition coefficient (Wildman–Crippen LogP) is 3.05. The average Bonchev–Trinajstić information content (AvgIpc) is 3.05. The molecule has 0 saturated heterocycles. The number of amides is 1. The SMILES string of the molecule is C[C@H](OC(=O)/C=C/c1ccc([N+](=O)[O-])o1)C(=O)Nc1cc(F)ccc1F. The molecule has 10 heteroatoms. The van der Waals surface area contributed by atoms with E-state index in [1.54, 1.807) is 0 Å². The maximum Gasteiger partial charge on any atom is 0.433 e. The van der Waals surface area contributed by atoms with Gasteiger partial charge in [0.1, 0.15) is 22.3 Å². The molecule has 0 saturated carbocycles. The number of hydrogen-bond donors (Lipinski definition) is 1. The molecule has 0 unspecified atom stereocenters. The second-order valence-corrected chi connectivity index (χ2v) is 4.96.